The summed E-state index contributed by atoms with van der Waals surface area (Å²) in [6.45, 7) is 6.48. The Labute approximate surface area is 233 Å². The molecule has 0 saturated carbocycles. The Hall–Kier alpha value is -3.74. The number of benzene rings is 2. The number of rotatable bonds is 8. The van der Waals surface area contributed by atoms with Gasteiger partial charge < -0.3 is 29.8 Å². The summed E-state index contributed by atoms with van der Waals surface area (Å²) in [6, 6.07) is 3.30. The first-order valence-corrected chi connectivity index (χ1v) is 13.0. The zero-order chi connectivity index (χ0) is 29.1. The summed E-state index contributed by atoms with van der Waals surface area (Å²) in [4.78, 5) is 39.7. The second-order valence-corrected chi connectivity index (χ2v) is 9.54. The van der Waals surface area contributed by atoms with Crippen molar-refractivity contribution in [2.75, 3.05) is 44.0 Å². The Bertz CT molecular complexity index is 1520. The van der Waals surface area contributed by atoms with Gasteiger partial charge in [0.25, 0.3) is 0 Å². The van der Waals surface area contributed by atoms with Crippen LogP contribution in [0.5, 0.6) is 0 Å². The molecule has 0 bridgehead atoms. The molecule has 4 rings (SSSR count). The molecule has 214 valence electrons. The average Bonchev–Trinajstić information content (AvgIpc) is 2.92. The van der Waals surface area contributed by atoms with E-state index in [9.17, 15) is 18.8 Å². The monoisotopic (exact) mass is 578 g/mol. The molecule has 2 heterocycles. The summed E-state index contributed by atoms with van der Waals surface area (Å²) in [5.41, 5.74) is 4.63. The fourth-order valence-electron chi connectivity index (χ4n) is 4.49. The van der Waals surface area contributed by atoms with E-state index in [1.165, 1.54) is 23.8 Å². The van der Waals surface area contributed by atoms with Crippen LogP contribution in [0.1, 0.15) is 36.7 Å². The van der Waals surface area contributed by atoms with Gasteiger partial charge in [-0.25, -0.2) is 13.6 Å². The standard InChI is InChI=1S/C27H29ClF2N4O6/c1-4-39-27(37)18-12-34(22-11-21(31)19(29)9-16(22)13-40-15(3)35)25-17(26(18)36)10-20(30)24(23(25)28)32-14(2)33-5-7-38-8-6-33/h9-12,14,32H,4-8,13,31H2,1-3H3. The smallest absolute Gasteiger partial charge is 0.343 e. The fraction of sp³-hybridized carbons (Fsp3) is 0.370. The van der Waals surface area contributed by atoms with E-state index in [4.69, 9.17) is 31.5 Å². The molecule has 1 aliphatic rings. The molecule has 1 atom stereocenters. The van der Waals surface area contributed by atoms with Crippen LogP contribution in [0.2, 0.25) is 5.02 Å². The van der Waals surface area contributed by atoms with Crippen molar-refractivity contribution >= 4 is 45.8 Å². The van der Waals surface area contributed by atoms with Gasteiger partial charge in [-0.1, -0.05) is 11.6 Å². The van der Waals surface area contributed by atoms with Crippen molar-refractivity contribution in [3.8, 4) is 5.69 Å². The van der Waals surface area contributed by atoms with E-state index in [1.807, 2.05) is 11.8 Å². The molecule has 13 heteroatoms. The van der Waals surface area contributed by atoms with E-state index in [-0.39, 0.29) is 57.9 Å². The highest BCUT2D eigenvalue weighted by molar-refractivity contribution is 6.38. The van der Waals surface area contributed by atoms with Gasteiger partial charge in [0, 0.05) is 31.8 Å². The van der Waals surface area contributed by atoms with E-state index in [0.29, 0.717) is 26.3 Å². The van der Waals surface area contributed by atoms with Crippen molar-refractivity contribution in [1.29, 1.82) is 0 Å². The number of carbonyl (C=O) groups is 2. The number of morpholine rings is 1. The zero-order valence-corrected chi connectivity index (χ0v) is 22.9. The number of ether oxygens (including phenoxy) is 3. The highest BCUT2D eigenvalue weighted by Gasteiger charge is 2.26. The molecule has 10 nitrogen and oxygen atoms in total. The van der Waals surface area contributed by atoms with Crippen LogP contribution < -0.4 is 16.5 Å². The minimum absolute atomic E-state index is 0.0189. The zero-order valence-electron chi connectivity index (χ0n) is 22.2. The largest absolute Gasteiger partial charge is 0.462 e. The van der Waals surface area contributed by atoms with Crippen molar-refractivity contribution < 1.29 is 32.6 Å². The number of pyridine rings is 1. The first kappa shape index (κ1) is 29.2. The Kier molecular flexibility index (Phi) is 8.92. The summed E-state index contributed by atoms with van der Waals surface area (Å²) in [5.74, 6) is -3.16. The maximum absolute atomic E-state index is 15.5. The topological polar surface area (TPSA) is 125 Å². The molecule has 0 radical (unpaired) electrons. The highest BCUT2D eigenvalue weighted by Crippen LogP contribution is 2.36. The number of fused-ring (bicyclic) bond motifs is 1. The van der Waals surface area contributed by atoms with Gasteiger partial charge in [0.2, 0.25) is 5.43 Å². The Morgan fingerprint density at radius 1 is 1.18 bits per heavy atom. The van der Waals surface area contributed by atoms with Crippen LogP contribution in [0.3, 0.4) is 0 Å². The Balaban J connectivity index is 2.00. The molecular weight excluding hydrogens is 550 g/mol. The summed E-state index contributed by atoms with van der Waals surface area (Å²) in [7, 11) is 0. The Morgan fingerprint density at radius 2 is 1.88 bits per heavy atom. The van der Waals surface area contributed by atoms with Gasteiger partial charge in [0.15, 0.2) is 0 Å². The molecule has 1 saturated heterocycles. The molecule has 0 spiro atoms. The summed E-state index contributed by atoms with van der Waals surface area (Å²) in [5, 5.41) is 2.69. The molecule has 0 amide bonds. The molecule has 0 aliphatic carbocycles. The number of nitrogens with zero attached hydrogens (tertiary/aromatic N) is 2. The van der Waals surface area contributed by atoms with Crippen molar-refractivity contribution in [3.05, 3.63) is 62.4 Å². The van der Waals surface area contributed by atoms with Gasteiger partial charge in [-0.05, 0) is 32.0 Å². The SMILES string of the molecule is CCOC(=O)c1cn(-c2cc(N)c(F)cc2COC(C)=O)c2c(Cl)c(NC(C)N3CCOCC3)c(F)cc2c1=O. The van der Waals surface area contributed by atoms with Gasteiger partial charge in [-0.3, -0.25) is 14.5 Å². The fourth-order valence-corrected chi connectivity index (χ4v) is 4.83. The summed E-state index contributed by atoms with van der Waals surface area (Å²) in [6.07, 6.45) is 0.819. The molecule has 40 heavy (non-hydrogen) atoms. The third-order valence-corrected chi connectivity index (χ3v) is 6.88. The second kappa shape index (κ2) is 12.2. The summed E-state index contributed by atoms with van der Waals surface area (Å²) >= 11 is 6.79. The van der Waals surface area contributed by atoms with Crippen LogP contribution in [0, 0.1) is 11.6 Å². The minimum Gasteiger partial charge on any atom is -0.462 e. The van der Waals surface area contributed by atoms with E-state index in [0.717, 1.165) is 12.1 Å². The molecule has 1 unspecified atom stereocenters. The van der Waals surface area contributed by atoms with Crippen molar-refractivity contribution in [3.63, 3.8) is 0 Å². The minimum atomic E-state index is -0.945. The lowest BCUT2D eigenvalue weighted by Crippen LogP contribution is -2.45. The molecular formula is C27H29ClF2N4O6. The van der Waals surface area contributed by atoms with Gasteiger partial charge in [0.1, 0.15) is 23.8 Å². The Morgan fingerprint density at radius 3 is 2.52 bits per heavy atom. The highest BCUT2D eigenvalue weighted by atomic mass is 35.5. The van der Waals surface area contributed by atoms with Crippen LogP contribution in [0.25, 0.3) is 16.6 Å². The van der Waals surface area contributed by atoms with E-state index >= 15 is 4.39 Å². The lowest BCUT2D eigenvalue weighted by Gasteiger charge is -2.33. The molecule has 3 aromatic rings. The average molecular weight is 579 g/mol. The van der Waals surface area contributed by atoms with Gasteiger partial charge >= 0.3 is 11.9 Å². The van der Waals surface area contributed by atoms with Gasteiger partial charge in [-0.15, -0.1) is 0 Å². The molecule has 1 aromatic heterocycles. The normalized spacial score (nSPS) is 14.7. The number of hydrogen-bond donors (Lipinski definition) is 2. The van der Waals surface area contributed by atoms with E-state index in [1.54, 1.807) is 6.92 Å². The van der Waals surface area contributed by atoms with Crippen LogP contribution in [0.4, 0.5) is 20.2 Å². The van der Waals surface area contributed by atoms with Crippen LogP contribution in [-0.2, 0) is 25.6 Å². The summed E-state index contributed by atoms with van der Waals surface area (Å²) < 4.78 is 46.9. The lowest BCUT2D eigenvalue weighted by atomic mass is 10.1. The number of nitrogens with one attached hydrogen (secondary N) is 1. The number of halogens is 3. The van der Waals surface area contributed by atoms with Gasteiger partial charge in [0.05, 0.1) is 59.0 Å². The van der Waals surface area contributed by atoms with E-state index in [2.05, 4.69) is 5.32 Å². The third kappa shape index (κ3) is 5.88. The van der Waals surface area contributed by atoms with Crippen molar-refractivity contribution in [1.82, 2.24) is 9.47 Å². The van der Waals surface area contributed by atoms with Crippen LogP contribution in [0.15, 0.2) is 29.2 Å². The number of hydrogen-bond acceptors (Lipinski definition) is 9. The number of nitrogens with two attached hydrogens (primary N) is 1. The maximum Gasteiger partial charge on any atom is 0.343 e. The predicted octanol–water partition coefficient (Wildman–Crippen LogP) is 3.83. The number of nitrogen functional groups attached to an aromatic ring is 1. The quantitative estimate of drug-likeness (QED) is 0.303. The predicted molar refractivity (Wildman–Crippen MR) is 146 cm³/mol. The van der Waals surface area contributed by atoms with E-state index < -0.39 is 34.6 Å². The maximum atomic E-state index is 15.5. The van der Waals surface area contributed by atoms with Crippen LogP contribution in [-0.4, -0.2) is 60.5 Å². The van der Waals surface area contributed by atoms with Gasteiger partial charge in [-0.2, -0.15) is 0 Å². The van der Waals surface area contributed by atoms with Crippen molar-refractivity contribution in [2.45, 2.75) is 33.5 Å². The third-order valence-electron chi connectivity index (χ3n) is 6.51. The second-order valence-electron chi connectivity index (χ2n) is 9.16. The number of anilines is 2. The first-order valence-electron chi connectivity index (χ1n) is 12.6. The van der Waals surface area contributed by atoms with Crippen molar-refractivity contribution in [2.24, 2.45) is 0 Å². The number of esters is 2. The number of aromatic nitrogens is 1. The lowest BCUT2D eigenvalue weighted by molar-refractivity contribution is -0.142. The molecule has 2 aromatic carbocycles. The number of carbonyl (C=O) groups excluding carboxylic acids is 2. The molecule has 1 fully saturated rings. The first-order chi connectivity index (χ1) is 19.0. The molecule has 1 aliphatic heterocycles. The van der Waals surface area contributed by atoms with Crippen LogP contribution >= 0.6 is 11.6 Å². The molecule has 3 N–H and O–H groups in total.